The quantitative estimate of drug-likeness (QED) is 0.783. The summed E-state index contributed by atoms with van der Waals surface area (Å²) in [5, 5.41) is 1.85. The molecule has 0 spiro atoms. The molecule has 0 saturated carbocycles. The van der Waals surface area contributed by atoms with Crippen LogP contribution in [-0.4, -0.2) is 37.0 Å². The molecule has 1 heterocycles. The van der Waals surface area contributed by atoms with Crippen molar-refractivity contribution >= 4 is 39.1 Å². The summed E-state index contributed by atoms with van der Waals surface area (Å²) in [6, 6.07) is 1.84. The number of methoxy groups -OCH3 is 1. The minimum absolute atomic E-state index is 0.0571. The highest BCUT2D eigenvalue weighted by Crippen LogP contribution is 2.24. The summed E-state index contributed by atoms with van der Waals surface area (Å²) in [4.78, 5) is 25.5. The molecule has 0 fully saturated rings. The number of hydrogen-bond donors (Lipinski definition) is 0. The van der Waals surface area contributed by atoms with Crippen molar-refractivity contribution in [2.24, 2.45) is 0 Å². The van der Waals surface area contributed by atoms with Gasteiger partial charge in [0.25, 0.3) is 5.91 Å². The van der Waals surface area contributed by atoms with E-state index in [4.69, 9.17) is 0 Å². The fraction of sp³-hybridized carbons (Fsp3) is 0.455. The van der Waals surface area contributed by atoms with Crippen molar-refractivity contribution in [2.75, 3.05) is 20.2 Å². The normalized spacial score (nSPS) is 10.1. The average molecular weight is 320 g/mol. The smallest absolute Gasteiger partial charge is 0.307 e. The zero-order valence-electron chi connectivity index (χ0n) is 9.73. The second kappa shape index (κ2) is 6.76. The van der Waals surface area contributed by atoms with Crippen molar-refractivity contribution in [1.29, 1.82) is 0 Å². The fourth-order valence-electron chi connectivity index (χ4n) is 1.32. The first-order valence-electron chi connectivity index (χ1n) is 5.19. The Morgan fingerprint density at radius 3 is 2.71 bits per heavy atom. The molecule has 1 amide bonds. The molecule has 94 valence electrons. The summed E-state index contributed by atoms with van der Waals surface area (Å²) in [6.07, 6.45) is 0.221. The summed E-state index contributed by atoms with van der Waals surface area (Å²) in [6.45, 7) is 2.84. The van der Waals surface area contributed by atoms with Gasteiger partial charge in [-0.05, 0) is 34.3 Å². The van der Waals surface area contributed by atoms with E-state index in [-0.39, 0.29) is 18.3 Å². The topological polar surface area (TPSA) is 46.6 Å². The molecule has 4 nitrogen and oxygen atoms in total. The van der Waals surface area contributed by atoms with Crippen molar-refractivity contribution in [2.45, 2.75) is 13.3 Å². The lowest BCUT2D eigenvalue weighted by Crippen LogP contribution is -2.32. The number of amides is 1. The monoisotopic (exact) mass is 319 g/mol. The van der Waals surface area contributed by atoms with Crippen molar-refractivity contribution in [1.82, 2.24) is 4.90 Å². The molecule has 0 aliphatic heterocycles. The Morgan fingerprint density at radius 2 is 2.24 bits per heavy atom. The standard InChI is InChI=1S/C11H14BrNO3S/c1-3-13(6-4-9(14)16-2)11(15)10-8(12)5-7-17-10/h5,7H,3-4,6H2,1-2H3. The zero-order chi connectivity index (χ0) is 12.8. The van der Waals surface area contributed by atoms with Gasteiger partial charge < -0.3 is 9.64 Å². The lowest BCUT2D eigenvalue weighted by atomic mass is 10.3. The fourth-order valence-corrected chi connectivity index (χ4v) is 2.83. The van der Waals surface area contributed by atoms with Crippen LogP contribution < -0.4 is 0 Å². The van der Waals surface area contributed by atoms with Crippen molar-refractivity contribution < 1.29 is 14.3 Å². The number of thiophene rings is 1. The summed E-state index contributed by atoms with van der Waals surface area (Å²) in [5.41, 5.74) is 0. The van der Waals surface area contributed by atoms with Gasteiger partial charge >= 0.3 is 5.97 Å². The molecule has 0 aliphatic rings. The van der Waals surface area contributed by atoms with Crippen LogP contribution in [0.1, 0.15) is 23.0 Å². The largest absolute Gasteiger partial charge is 0.469 e. The van der Waals surface area contributed by atoms with Crippen LogP contribution in [-0.2, 0) is 9.53 Å². The van der Waals surface area contributed by atoms with Crippen LogP contribution in [0, 0.1) is 0 Å². The van der Waals surface area contributed by atoms with Gasteiger partial charge in [-0.25, -0.2) is 0 Å². The van der Waals surface area contributed by atoms with E-state index in [1.54, 1.807) is 4.90 Å². The first-order chi connectivity index (χ1) is 8.10. The molecule has 0 bridgehead atoms. The Kier molecular flexibility index (Phi) is 5.64. The van der Waals surface area contributed by atoms with Crippen LogP contribution in [0.25, 0.3) is 0 Å². The summed E-state index contributed by atoms with van der Waals surface area (Å²) < 4.78 is 5.35. The van der Waals surface area contributed by atoms with Gasteiger partial charge in [0, 0.05) is 17.6 Å². The van der Waals surface area contributed by atoms with Gasteiger partial charge in [-0.3, -0.25) is 9.59 Å². The van der Waals surface area contributed by atoms with E-state index in [0.717, 1.165) is 4.47 Å². The van der Waals surface area contributed by atoms with Crippen LogP contribution in [0.15, 0.2) is 15.9 Å². The molecule has 0 N–H and O–H groups in total. The van der Waals surface area contributed by atoms with Crippen LogP contribution in [0.2, 0.25) is 0 Å². The number of rotatable bonds is 5. The molecule has 0 radical (unpaired) electrons. The van der Waals surface area contributed by atoms with Gasteiger partial charge in [-0.2, -0.15) is 0 Å². The predicted octanol–water partition coefficient (Wildman–Crippen LogP) is 2.54. The molecule has 0 atom stereocenters. The highest BCUT2D eigenvalue weighted by atomic mass is 79.9. The molecule has 0 unspecified atom stereocenters. The first-order valence-corrected chi connectivity index (χ1v) is 6.86. The second-order valence-corrected chi connectivity index (χ2v) is 5.08. The molecular weight excluding hydrogens is 306 g/mol. The van der Waals surface area contributed by atoms with Crippen LogP contribution in [0.4, 0.5) is 0 Å². The number of hydrogen-bond acceptors (Lipinski definition) is 4. The maximum atomic E-state index is 12.1. The SMILES string of the molecule is CCN(CCC(=O)OC)C(=O)c1sccc1Br. The molecule has 1 aromatic heterocycles. The van der Waals surface area contributed by atoms with Crippen molar-refractivity contribution in [3.05, 3.63) is 20.8 Å². The first kappa shape index (κ1) is 14.2. The van der Waals surface area contributed by atoms with Gasteiger partial charge in [0.05, 0.1) is 13.5 Å². The van der Waals surface area contributed by atoms with Crippen LogP contribution in [0.5, 0.6) is 0 Å². The Morgan fingerprint density at radius 1 is 1.53 bits per heavy atom. The number of halogens is 1. The maximum absolute atomic E-state index is 12.1. The zero-order valence-corrected chi connectivity index (χ0v) is 12.1. The van der Waals surface area contributed by atoms with E-state index >= 15 is 0 Å². The van der Waals surface area contributed by atoms with Gasteiger partial charge in [-0.15, -0.1) is 11.3 Å². The molecule has 0 aliphatic carbocycles. The lowest BCUT2D eigenvalue weighted by molar-refractivity contribution is -0.140. The molecular formula is C11H14BrNO3S. The van der Waals surface area contributed by atoms with Crippen LogP contribution in [0.3, 0.4) is 0 Å². The number of carbonyl (C=O) groups excluding carboxylic acids is 2. The van der Waals surface area contributed by atoms with Gasteiger partial charge in [0.2, 0.25) is 0 Å². The average Bonchev–Trinajstić information content (AvgIpc) is 2.75. The highest BCUT2D eigenvalue weighted by molar-refractivity contribution is 9.10. The Hall–Kier alpha value is -0.880. The highest BCUT2D eigenvalue weighted by Gasteiger charge is 2.18. The number of nitrogens with zero attached hydrogens (tertiary/aromatic N) is 1. The molecule has 6 heteroatoms. The molecule has 1 aromatic rings. The third-order valence-electron chi connectivity index (χ3n) is 2.29. The van der Waals surface area contributed by atoms with Crippen molar-refractivity contribution in [3.8, 4) is 0 Å². The van der Waals surface area contributed by atoms with E-state index in [9.17, 15) is 9.59 Å². The number of ether oxygens (including phenoxy) is 1. The molecule has 1 rings (SSSR count). The van der Waals surface area contributed by atoms with E-state index in [2.05, 4.69) is 20.7 Å². The second-order valence-electron chi connectivity index (χ2n) is 3.31. The maximum Gasteiger partial charge on any atom is 0.307 e. The third kappa shape index (κ3) is 3.81. The lowest BCUT2D eigenvalue weighted by Gasteiger charge is -2.19. The van der Waals surface area contributed by atoms with Crippen molar-refractivity contribution in [3.63, 3.8) is 0 Å². The molecule has 0 saturated heterocycles. The van der Waals surface area contributed by atoms with Crippen LogP contribution >= 0.6 is 27.3 Å². The summed E-state index contributed by atoms with van der Waals surface area (Å²) in [7, 11) is 1.34. The van der Waals surface area contributed by atoms with Gasteiger partial charge in [-0.1, -0.05) is 0 Å². The van der Waals surface area contributed by atoms with E-state index in [0.29, 0.717) is 18.0 Å². The minimum atomic E-state index is -0.304. The minimum Gasteiger partial charge on any atom is -0.469 e. The number of carbonyl (C=O) groups is 2. The third-order valence-corrected chi connectivity index (χ3v) is 4.12. The molecule has 17 heavy (non-hydrogen) atoms. The Labute approximate surface area is 113 Å². The number of esters is 1. The van der Waals surface area contributed by atoms with E-state index < -0.39 is 0 Å². The Bertz CT molecular complexity index is 405. The van der Waals surface area contributed by atoms with Gasteiger partial charge in [0.1, 0.15) is 4.88 Å². The summed E-state index contributed by atoms with van der Waals surface area (Å²) in [5.74, 6) is -0.361. The van der Waals surface area contributed by atoms with E-state index in [1.807, 2.05) is 18.4 Å². The summed E-state index contributed by atoms with van der Waals surface area (Å²) >= 11 is 4.72. The van der Waals surface area contributed by atoms with Gasteiger partial charge in [0.15, 0.2) is 0 Å². The molecule has 0 aromatic carbocycles. The predicted molar refractivity (Wildman–Crippen MR) is 70.2 cm³/mol. The Balaban J connectivity index is 2.65. The van der Waals surface area contributed by atoms with E-state index in [1.165, 1.54) is 18.4 Å².